The van der Waals surface area contributed by atoms with Crippen molar-refractivity contribution in [3.8, 4) is 0 Å². The van der Waals surface area contributed by atoms with Crippen molar-refractivity contribution in [2.45, 2.75) is 38.4 Å². The van der Waals surface area contributed by atoms with E-state index >= 15 is 0 Å². The summed E-state index contributed by atoms with van der Waals surface area (Å²) in [6.07, 6.45) is 1.19. The topological polar surface area (TPSA) is 15.3 Å². The van der Waals surface area contributed by atoms with Crippen LogP contribution >= 0.6 is 11.3 Å². The van der Waals surface area contributed by atoms with Crippen molar-refractivity contribution in [2.24, 2.45) is 0 Å². The molecule has 1 aromatic heterocycles. The highest BCUT2D eigenvalue weighted by Crippen LogP contribution is 2.34. The highest BCUT2D eigenvalue weighted by Gasteiger charge is 2.32. The molecule has 3 unspecified atom stereocenters. The van der Waals surface area contributed by atoms with Crippen LogP contribution in [0.5, 0.6) is 0 Å². The molecule has 0 spiro atoms. The fraction of sp³-hybridized carbons (Fsp3) is 0.444. The van der Waals surface area contributed by atoms with Gasteiger partial charge >= 0.3 is 0 Å². The van der Waals surface area contributed by atoms with Crippen LogP contribution in [-0.4, -0.2) is 24.0 Å². The van der Waals surface area contributed by atoms with Crippen molar-refractivity contribution in [1.82, 2.24) is 10.2 Å². The minimum absolute atomic E-state index is 0.464. The van der Waals surface area contributed by atoms with Gasteiger partial charge in [0.05, 0.1) is 0 Å². The summed E-state index contributed by atoms with van der Waals surface area (Å²) in [4.78, 5) is 4.14. The second kappa shape index (κ2) is 6.73. The maximum Gasteiger partial charge on any atom is 0.0479 e. The summed E-state index contributed by atoms with van der Waals surface area (Å²) in [5.74, 6) is 0. The Labute approximate surface area is 131 Å². The van der Waals surface area contributed by atoms with Gasteiger partial charge in [-0.2, -0.15) is 0 Å². The molecule has 0 radical (unpaired) electrons. The third-order valence-electron chi connectivity index (χ3n) is 4.56. The Morgan fingerprint density at radius 2 is 2.05 bits per heavy atom. The molecule has 112 valence electrons. The van der Waals surface area contributed by atoms with Gasteiger partial charge < -0.3 is 5.32 Å². The maximum atomic E-state index is 3.71. The average molecular weight is 300 g/mol. The first-order chi connectivity index (χ1) is 10.3. The maximum absolute atomic E-state index is 3.71. The first kappa shape index (κ1) is 14.8. The predicted octanol–water partition coefficient (Wildman–Crippen LogP) is 4.23. The standard InChI is InChI=1S/C18H24N2S/c1-3-16-13-20(14(2)18-10-7-11-21-18)17(12-19-16)15-8-5-4-6-9-15/h4-11,14,16-17,19H,3,12-13H2,1-2H3. The molecule has 1 saturated heterocycles. The lowest BCUT2D eigenvalue weighted by atomic mass is 9.98. The van der Waals surface area contributed by atoms with Crippen LogP contribution in [0.3, 0.4) is 0 Å². The molecule has 0 amide bonds. The lowest BCUT2D eigenvalue weighted by Gasteiger charge is -2.43. The van der Waals surface area contributed by atoms with Gasteiger partial charge in [0.15, 0.2) is 0 Å². The Morgan fingerprint density at radius 3 is 2.71 bits per heavy atom. The van der Waals surface area contributed by atoms with Crippen LogP contribution in [0.2, 0.25) is 0 Å². The Hall–Kier alpha value is -1.16. The van der Waals surface area contributed by atoms with E-state index in [1.54, 1.807) is 0 Å². The molecule has 2 heterocycles. The van der Waals surface area contributed by atoms with Gasteiger partial charge in [0, 0.05) is 36.1 Å². The van der Waals surface area contributed by atoms with E-state index in [4.69, 9.17) is 0 Å². The van der Waals surface area contributed by atoms with Crippen LogP contribution in [0.1, 0.15) is 42.8 Å². The molecule has 3 heteroatoms. The second-order valence-electron chi connectivity index (χ2n) is 5.83. The lowest BCUT2D eigenvalue weighted by Crippen LogP contribution is -2.52. The lowest BCUT2D eigenvalue weighted by molar-refractivity contribution is 0.0888. The fourth-order valence-corrected chi connectivity index (χ4v) is 4.02. The van der Waals surface area contributed by atoms with E-state index in [2.05, 4.69) is 71.9 Å². The van der Waals surface area contributed by atoms with Gasteiger partial charge in [0.1, 0.15) is 0 Å². The third kappa shape index (κ3) is 3.20. The molecule has 0 aliphatic carbocycles. The molecule has 1 N–H and O–H groups in total. The van der Waals surface area contributed by atoms with Crippen LogP contribution in [0.4, 0.5) is 0 Å². The molecule has 3 atom stereocenters. The first-order valence-corrected chi connectivity index (χ1v) is 8.75. The van der Waals surface area contributed by atoms with Crippen LogP contribution in [0, 0.1) is 0 Å². The van der Waals surface area contributed by atoms with E-state index < -0.39 is 0 Å². The van der Waals surface area contributed by atoms with Crippen LogP contribution < -0.4 is 5.32 Å². The fourth-order valence-electron chi connectivity index (χ4n) is 3.22. The number of thiophene rings is 1. The number of hydrogen-bond donors (Lipinski definition) is 1. The largest absolute Gasteiger partial charge is 0.311 e. The van der Waals surface area contributed by atoms with Gasteiger partial charge in [-0.1, -0.05) is 43.3 Å². The van der Waals surface area contributed by atoms with Crippen LogP contribution in [0.25, 0.3) is 0 Å². The number of nitrogens with zero attached hydrogens (tertiary/aromatic N) is 1. The van der Waals surface area contributed by atoms with Crippen molar-refractivity contribution in [3.63, 3.8) is 0 Å². The van der Waals surface area contributed by atoms with E-state index in [0.717, 1.165) is 13.1 Å². The SMILES string of the molecule is CCC1CN(C(C)c2cccs2)C(c2ccccc2)CN1. The molecule has 2 aromatic rings. The van der Waals surface area contributed by atoms with Gasteiger partial charge in [0.25, 0.3) is 0 Å². The Kier molecular flexibility index (Phi) is 4.73. The molecule has 0 saturated carbocycles. The van der Waals surface area contributed by atoms with Crippen molar-refractivity contribution >= 4 is 11.3 Å². The zero-order valence-electron chi connectivity index (χ0n) is 12.8. The number of piperazine rings is 1. The molecule has 1 aliphatic heterocycles. The Bertz CT molecular complexity index is 538. The summed E-state index contributed by atoms with van der Waals surface area (Å²) < 4.78 is 0. The van der Waals surface area contributed by atoms with E-state index in [1.807, 2.05) is 11.3 Å². The predicted molar refractivity (Wildman–Crippen MR) is 90.7 cm³/mol. The minimum Gasteiger partial charge on any atom is -0.311 e. The highest BCUT2D eigenvalue weighted by molar-refractivity contribution is 7.10. The normalized spacial score (nSPS) is 24.9. The monoisotopic (exact) mass is 300 g/mol. The second-order valence-corrected chi connectivity index (χ2v) is 6.81. The number of benzene rings is 1. The van der Waals surface area contributed by atoms with Gasteiger partial charge in [-0.15, -0.1) is 11.3 Å². The minimum atomic E-state index is 0.464. The van der Waals surface area contributed by atoms with E-state index in [0.29, 0.717) is 18.1 Å². The van der Waals surface area contributed by atoms with Crippen molar-refractivity contribution < 1.29 is 0 Å². The first-order valence-electron chi connectivity index (χ1n) is 7.87. The molecule has 1 fully saturated rings. The summed E-state index contributed by atoms with van der Waals surface area (Å²) >= 11 is 1.87. The van der Waals surface area contributed by atoms with Crippen LogP contribution in [0.15, 0.2) is 47.8 Å². The van der Waals surface area contributed by atoms with Gasteiger partial charge in [-0.25, -0.2) is 0 Å². The van der Waals surface area contributed by atoms with Gasteiger partial charge in [0.2, 0.25) is 0 Å². The molecule has 0 bridgehead atoms. The number of nitrogens with one attached hydrogen (secondary N) is 1. The van der Waals surface area contributed by atoms with Crippen molar-refractivity contribution in [3.05, 3.63) is 58.3 Å². The average Bonchev–Trinajstić information content (AvgIpc) is 3.09. The third-order valence-corrected chi connectivity index (χ3v) is 5.60. The Morgan fingerprint density at radius 1 is 1.24 bits per heavy atom. The van der Waals surface area contributed by atoms with Gasteiger partial charge in [-0.3, -0.25) is 4.90 Å². The number of rotatable bonds is 4. The quantitative estimate of drug-likeness (QED) is 0.909. The Balaban J connectivity index is 1.87. The smallest absolute Gasteiger partial charge is 0.0479 e. The van der Waals surface area contributed by atoms with Gasteiger partial charge in [-0.05, 0) is 30.4 Å². The van der Waals surface area contributed by atoms with E-state index in [-0.39, 0.29) is 0 Å². The molecule has 1 aliphatic rings. The highest BCUT2D eigenvalue weighted by atomic mass is 32.1. The van der Waals surface area contributed by atoms with Crippen LogP contribution in [-0.2, 0) is 0 Å². The zero-order chi connectivity index (χ0) is 14.7. The van der Waals surface area contributed by atoms with Crippen molar-refractivity contribution in [2.75, 3.05) is 13.1 Å². The summed E-state index contributed by atoms with van der Waals surface area (Å²) in [6, 6.07) is 16.9. The van der Waals surface area contributed by atoms with Crippen molar-refractivity contribution in [1.29, 1.82) is 0 Å². The summed E-state index contributed by atoms with van der Waals surface area (Å²) in [7, 11) is 0. The summed E-state index contributed by atoms with van der Waals surface area (Å²) in [5, 5.41) is 5.89. The molecular formula is C18H24N2S. The number of hydrogen-bond acceptors (Lipinski definition) is 3. The molecular weight excluding hydrogens is 276 g/mol. The summed E-state index contributed by atoms with van der Waals surface area (Å²) in [5.41, 5.74) is 1.42. The summed E-state index contributed by atoms with van der Waals surface area (Å²) in [6.45, 7) is 6.78. The van der Waals surface area contributed by atoms with E-state index in [1.165, 1.54) is 16.9 Å². The molecule has 3 rings (SSSR count). The molecule has 1 aromatic carbocycles. The molecule has 2 nitrogen and oxygen atoms in total. The van der Waals surface area contributed by atoms with E-state index in [9.17, 15) is 0 Å². The molecule has 21 heavy (non-hydrogen) atoms. The zero-order valence-corrected chi connectivity index (χ0v) is 13.6.